The molecule has 0 amide bonds. The largest absolute Gasteiger partial charge is 0.507 e. The van der Waals surface area contributed by atoms with Crippen LogP contribution in [0.2, 0.25) is 0 Å². The molecular weight excluding hydrogens is 210 g/mol. The Balaban J connectivity index is 2.45. The maximum Gasteiger partial charge on any atom is 0.309 e. The maximum atomic E-state index is 10.6. The number of aliphatic carboxylic acids is 1. The van der Waals surface area contributed by atoms with Crippen LogP contribution in [0.4, 0.5) is 0 Å². The predicted octanol–water partition coefficient (Wildman–Crippen LogP) is 1.67. The monoisotopic (exact) mass is 219 g/mol. The second-order valence-electron chi connectivity index (χ2n) is 3.26. The zero-order chi connectivity index (χ0) is 11.5. The SMILES string of the molecule is O=C(O)Cc1nocc1-c1ccccc1O. The van der Waals surface area contributed by atoms with Gasteiger partial charge < -0.3 is 14.7 Å². The first-order chi connectivity index (χ1) is 7.68. The first-order valence-electron chi connectivity index (χ1n) is 4.62. The smallest absolute Gasteiger partial charge is 0.309 e. The summed E-state index contributed by atoms with van der Waals surface area (Å²) >= 11 is 0. The standard InChI is InChI=1S/C11H9NO4/c13-10-4-2-1-3-7(10)8-6-16-12-9(8)5-11(14)15/h1-4,6,13H,5H2,(H,14,15). The van der Waals surface area contributed by atoms with E-state index in [0.29, 0.717) is 16.8 Å². The number of phenols is 1. The van der Waals surface area contributed by atoms with E-state index in [1.165, 1.54) is 12.3 Å². The van der Waals surface area contributed by atoms with Crippen LogP contribution >= 0.6 is 0 Å². The second kappa shape index (κ2) is 4.06. The molecule has 0 saturated heterocycles. The molecule has 1 aromatic heterocycles. The number of rotatable bonds is 3. The van der Waals surface area contributed by atoms with E-state index in [1.807, 2.05) is 0 Å². The van der Waals surface area contributed by atoms with Crippen molar-refractivity contribution in [2.24, 2.45) is 0 Å². The highest BCUT2D eigenvalue weighted by Gasteiger charge is 2.15. The number of benzene rings is 1. The lowest BCUT2D eigenvalue weighted by molar-refractivity contribution is -0.136. The third kappa shape index (κ3) is 1.88. The molecule has 1 aromatic carbocycles. The average Bonchev–Trinajstić information content (AvgIpc) is 2.66. The topological polar surface area (TPSA) is 83.6 Å². The van der Waals surface area contributed by atoms with Gasteiger partial charge >= 0.3 is 5.97 Å². The Kier molecular flexibility index (Phi) is 2.59. The zero-order valence-electron chi connectivity index (χ0n) is 8.25. The summed E-state index contributed by atoms with van der Waals surface area (Å²) in [6.45, 7) is 0. The molecule has 2 aromatic rings. The van der Waals surface area contributed by atoms with Gasteiger partial charge in [-0.15, -0.1) is 0 Å². The van der Waals surface area contributed by atoms with Crippen LogP contribution < -0.4 is 0 Å². The summed E-state index contributed by atoms with van der Waals surface area (Å²) < 4.78 is 4.73. The molecule has 0 unspecified atom stereocenters. The molecule has 0 spiro atoms. The highest BCUT2D eigenvalue weighted by Crippen LogP contribution is 2.30. The normalized spacial score (nSPS) is 10.2. The van der Waals surface area contributed by atoms with E-state index in [9.17, 15) is 9.90 Å². The zero-order valence-corrected chi connectivity index (χ0v) is 8.25. The van der Waals surface area contributed by atoms with Crippen molar-refractivity contribution >= 4 is 5.97 Å². The molecule has 2 rings (SSSR count). The lowest BCUT2D eigenvalue weighted by atomic mass is 10.0. The van der Waals surface area contributed by atoms with Gasteiger partial charge in [0.05, 0.1) is 6.42 Å². The Morgan fingerprint density at radius 1 is 1.31 bits per heavy atom. The number of nitrogens with zero attached hydrogens (tertiary/aromatic N) is 1. The van der Waals surface area contributed by atoms with E-state index >= 15 is 0 Å². The van der Waals surface area contributed by atoms with E-state index in [0.717, 1.165) is 0 Å². The number of hydrogen-bond donors (Lipinski definition) is 2. The van der Waals surface area contributed by atoms with Crippen molar-refractivity contribution in [2.75, 3.05) is 0 Å². The van der Waals surface area contributed by atoms with Crippen molar-refractivity contribution in [3.05, 3.63) is 36.2 Å². The van der Waals surface area contributed by atoms with Crippen LogP contribution in [0.3, 0.4) is 0 Å². The highest BCUT2D eigenvalue weighted by molar-refractivity contribution is 5.77. The Labute approximate surface area is 90.9 Å². The molecule has 1 heterocycles. The van der Waals surface area contributed by atoms with Crippen LogP contribution in [0, 0.1) is 0 Å². The number of carboxylic acids is 1. The van der Waals surface area contributed by atoms with Crippen molar-refractivity contribution in [3.8, 4) is 16.9 Å². The molecule has 0 aliphatic carbocycles. The Morgan fingerprint density at radius 3 is 2.75 bits per heavy atom. The molecule has 5 heteroatoms. The van der Waals surface area contributed by atoms with E-state index in [2.05, 4.69) is 5.16 Å². The number of carbonyl (C=O) groups is 1. The number of carboxylic acid groups (broad SMARTS) is 1. The molecule has 0 aliphatic rings. The Hall–Kier alpha value is -2.30. The Bertz CT molecular complexity index is 518. The summed E-state index contributed by atoms with van der Waals surface area (Å²) in [6.07, 6.45) is 1.09. The van der Waals surface area contributed by atoms with Crippen molar-refractivity contribution in [1.82, 2.24) is 5.16 Å². The van der Waals surface area contributed by atoms with Gasteiger partial charge in [0.2, 0.25) is 0 Å². The summed E-state index contributed by atoms with van der Waals surface area (Å²) in [5.74, 6) is -0.928. The summed E-state index contributed by atoms with van der Waals surface area (Å²) in [7, 11) is 0. The van der Waals surface area contributed by atoms with E-state index < -0.39 is 5.97 Å². The molecular formula is C11H9NO4. The number of hydrogen-bond acceptors (Lipinski definition) is 4. The molecule has 0 saturated carbocycles. The molecule has 0 fully saturated rings. The van der Waals surface area contributed by atoms with E-state index in [-0.39, 0.29) is 12.2 Å². The van der Waals surface area contributed by atoms with Crippen molar-refractivity contribution in [2.45, 2.75) is 6.42 Å². The number of aromatic hydroxyl groups is 1. The van der Waals surface area contributed by atoms with Gasteiger partial charge in [-0.1, -0.05) is 23.4 Å². The van der Waals surface area contributed by atoms with Gasteiger partial charge in [0.15, 0.2) is 0 Å². The summed E-state index contributed by atoms with van der Waals surface area (Å²) in [6, 6.07) is 6.62. The highest BCUT2D eigenvalue weighted by atomic mass is 16.5. The van der Waals surface area contributed by atoms with Crippen LogP contribution in [-0.4, -0.2) is 21.3 Å². The van der Waals surface area contributed by atoms with E-state index in [4.69, 9.17) is 9.63 Å². The van der Waals surface area contributed by atoms with Crippen LogP contribution in [0.1, 0.15) is 5.69 Å². The minimum Gasteiger partial charge on any atom is -0.507 e. The molecule has 0 atom stereocenters. The fourth-order valence-electron chi connectivity index (χ4n) is 1.45. The third-order valence-corrected chi connectivity index (χ3v) is 2.16. The second-order valence-corrected chi connectivity index (χ2v) is 3.26. The van der Waals surface area contributed by atoms with Crippen molar-refractivity contribution < 1.29 is 19.5 Å². The maximum absolute atomic E-state index is 10.6. The minimum absolute atomic E-state index is 0.0670. The fourth-order valence-corrected chi connectivity index (χ4v) is 1.45. The number of para-hydroxylation sites is 1. The summed E-state index contributed by atoms with van der Waals surface area (Å²) in [5, 5.41) is 21.9. The average molecular weight is 219 g/mol. The van der Waals surface area contributed by atoms with Gasteiger partial charge in [-0.3, -0.25) is 4.79 Å². The molecule has 82 valence electrons. The van der Waals surface area contributed by atoms with Crippen LogP contribution in [0.5, 0.6) is 5.75 Å². The quantitative estimate of drug-likeness (QED) is 0.820. The predicted molar refractivity (Wildman–Crippen MR) is 54.9 cm³/mol. The van der Waals surface area contributed by atoms with Gasteiger partial charge in [0, 0.05) is 11.1 Å². The molecule has 0 radical (unpaired) electrons. The number of aromatic nitrogens is 1. The van der Waals surface area contributed by atoms with Gasteiger partial charge in [-0.2, -0.15) is 0 Å². The van der Waals surface area contributed by atoms with Gasteiger partial charge in [-0.25, -0.2) is 0 Å². The van der Waals surface area contributed by atoms with Crippen LogP contribution in [0.25, 0.3) is 11.1 Å². The lowest BCUT2D eigenvalue weighted by Gasteiger charge is -2.01. The van der Waals surface area contributed by atoms with Gasteiger partial charge in [0.25, 0.3) is 0 Å². The van der Waals surface area contributed by atoms with Crippen LogP contribution in [-0.2, 0) is 11.2 Å². The molecule has 0 bridgehead atoms. The summed E-state index contributed by atoms with van der Waals surface area (Å²) in [5.41, 5.74) is 1.31. The fraction of sp³-hybridized carbons (Fsp3) is 0.0909. The van der Waals surface area contributed by atoms with Crippen molar-refractivity contribution in [1.29, 1.82) is 0 Å². The summed E-state index contributed by atoms with van der Waals surface area (Å²) in [4.78, 5) is 10.6. The third-order valence-electron chi connectivity index (χ3n) is 2.16. The molecule has 5 nitrogen and oxygen atoms in total. The van der Waals surface area contributed by atoms with Crippen LogP contribution in [0.15, 0.2) is 35.1 Å². The Morgan fingerprint density at radius 2 is 2.06 bits per heavy atom. The van der Waals surface area contributed by atoms with Crippen molar-refractivity contribution in [3.63, 3.8) is 0 Å². The molecule has 2 N–H and O–H groups in total. The van der Waals surface area contributed by atoms with Gasteiger partial charge in [-0.05, 0) is 6.07 Å². The molecule has 0 aliphatic heterocycles. The van der Waals surface area contributed by atoms with Gasteiger partial charge in [0.1, 0.15) is 17.7 Å². The lowest BCUT2D eigenvalue weighted by Crippen LogP contribution is -2.01. The first-order valence-corrected chi connectivity index (χ1v) is 4.62. The molecule has 16 heavy (non-hydrogen) atoms. The van der Waals surface area contributed by atoms with E-state index in [1.54, 1.807) is 18.2 Å². The number of phenolic OH excluding ortho intramolecular Hbond substituents is 1. The first kappa shape index (κ1) is 10.2. The minimum atomic E-state index is -0.995.